The number of ether oxygens (including phenoxy) is 1. The molecule has 18 heavy (non-hydrogen) atoms. The van der Waals surface area contributed by atoms with Crippen LogP contribution in [0.3, 0.4) is 0 Å². The van der Waals surface area contributed by atoms with Crippen molar-refractivity contribution < 1.29 is 9.53 Å². The standard InChI is InChI=1S/C14H14N2O2/c15-8-9-1-3-10(4-2-9)14(17)16-12-7-11-5-6-13(12)18-11/h1-4,11-13H,5-7H2,(H,16,17). The van der Waals surface area contributed by atoms with Crippen LogP contribution in [0.25, 0.3) is 0 Å². The molecule has 4 heteroatoms. The van der Waals surface area contributed by atoms with Crippen molar-refractivity contribution in [2.75, 3.05) is 0 Å². The van der Waals surface area contributed by atoms with Gasteiger partial charge in [0.05, 0.1) is 29.9 Å². The predicted molar refractivity (Wildman–Crippen MR) is 64.9 cm³/mol. The number of nitriles is 1. The fourth-order valence-corrected chi connectivity index (χ4v) is 2.74. The van der Waals surface area contributed by atoms with E-state index in [9.17, 15) is 4.79 Å². The Labute approximate surface area is 106 Å². The first-order valence-electron chi connectivity index (χ1n) is 6.23. The third-order valence-electron chi connectivity index (χ3n) is 3.70. The summed E-state index contributed by atoms with van der Waals surface area (Å²) >= 11 is 0. The van der Waals surface area contributed by atoms with E-state index in [1.165, 1.54) is 0 Å². The van der Waals surface area contributed by atoms with Gasteiger partial charge in [0.25, 0.3) is 5.91 Å². The van der Waals surface area contributed by atoms with Crippen LogP contribution in [-0.2, 0) is 4.74 Å². The summed E-state index contributed by atoms with van der Waals surface area (Å²) < 4.78 is 5.70. The smallest absolute Gasteiger partial charge is 0.251 e. The summed E-state index contributed by atoms with van der Waals surface area (Å²) in [6.07, 6.45) is 3.61. The SMILES string of the molecule is N#Cc1ccc(C(=O)NC2CC3CCC2O3)cc1. The Bertz CT molecular complexity index is 504. The van der Waals surface area contributed by atoms with Crippen molar-refractivity contribution in [3.63, 3.8) is 0 Å². The largest absolute Gasteiger partial charge is 0.373 e. The third kappa shape index (κ3) is 1.98. The predicted octanol–water partition coefficient (Wildman–Crippen LogP) is 1.61. The van der Waals surface area contributed by atoms with Crippen LogP contribution in [-0.4, -0.2) is 24.2 Å². The van der Waals surface area contributed by atoms with Crippen LogP contribution >= 0.6 is 0 Å². The molecule has 0 radical (unpaired) electrons. The Morgan fingerprint density at radius 1 is 1.33 bits per heavy atom. The van der Waals surface area contributed by atoms with Gasteiger partial charge in [-0.1, -0.05) is 0 Å². The van der Waals surface area contributed by atoms with Gasteiger partial charge in [0.1, 0.15) is 0 Å². The maximum Gasteiger partial charge on any atom is 0.251 e. The highest BCUT2D eigenvalue weighted by molar-refractivity contribution is 5.94. The number of hydrogen-bond donors (Lipinski definition) is 1. The number of nitrogens with one attached hydrogen (secondary N) is 1. The highest BCUT2D eigenvalue weighted by Gasteiger charge is 2.41. The molecule has 0 saturated carbocycles. The molecule has 2 aliphatic rings. The summed E-state index contributed by atoms with van der Waals surface area (Å²) in [5.41, 5.74) is 1.16. The van der Waals surface area contributed by atoms with Crippen LogP contribution < -0.4 is 5.32 Å². The van der Waals surface area contributed by atoms with Crippen molar-refractivity contribution in [3.05, 3.63) is 35.4 Å². The first-order chi connectivity index (χ1) is 8.76. The van der Waals surface area contributed by atoms with Crippen molar-refractivity contribution in [2.45, 2.75) is 37.5 Å². The highest BCUT2D eigenvalue weighted by atomic mass is 16.5. The van der Waals surface area contributed by atoms with Gasteiger partial charge in [-0.2, -0.15) is 5.26 Å². The molecule has 0 aliphatic carbocycles. The molecule has 3 unspecified atom stereocenters. The molecule has 1 aromatic rings. The monoisotopic (exact) mass is 242 g/mol. The van der Waals surface area contributed by atoms with Gasteiger partial charge in [-0.25, -0.2) is 0 Å². The second kappa shape index (κ2) is 4.43. The van der Waals surface area contributed by atoms with E-state index in [0.29, 0.717) is 17.2 Å². The van der Waals surface area contributed by atoms with E-state index < -0.39 is 0 Å². The minimum atomic E-state index is -0.0827. The van der Waals surface area contributed by atoms with Crippen LogP contribution in [0.1, 0.15) is 35.2 Å². The maximum atomic E-state index is 12.0. The highest BCUT2D eigenvalue weighted by Crippen LogP contribution is 2.34. The lowest BCUT2D eigenvalue weighted by Gasteiger charge is -2.19. The van der Waals surface area contributed by atoms with E-state index in [0.717, 1.165) is 19.3 Å². The summed E-state index contributed by atoms with van der Waals surface area (Å²) in [4.78, 5) is 12.0. The number of hydrogen-bond acceptors (Lipinski definition) is 3. The minimum absolute atomic E-state index is 0.0827. The molecular weight excluding hydrogens is 228 g/mol. The Hall–Kier alpha value is -1.86. The Morgan fingerprint density at radius 2 is 2.11 bits per heavy atom. The van der Waals surface area contributed by atoms with Crippen molar-refractivity contribution in [2.24, 2.45) is 0 Å². The molecular formula is C14H14N2O2. The number of nitrogens with zero attached hydrogens (tertiary/aromatic N) is 1. The summed E-state index contributed by atoms with van der Waals surface area (Å²) in [7, 11) is 0. The molecule has 2 saturated heterocycles. The minimum Gasteiger partial charge on any atom is -0.373 e. The first-order valence-corrected chi connectivity index (χ1v) is 6.23. The van der Waals surface area contributed by atoms with Crippen LogP contribution in [0.2, 0.25) is 0 Å². The zero-order valence-corrected chi connectivity index (χ0v) is 9.93. The topological polar surface area (TPSA) is 62.1 Å². The quantitative estimate of drug-likeness (QED) is 0.857. The fraction of sp³-hybridized carbons (Fsp3) is 0.429. The van der Waals surface area contributed by atoms with Crippen molar-refractivity contribution >= 4 is 5.91 Å². The summed E-state index contributed by atoms with van der Waals surface area (Å²) in [5.74, 6) is -0.0827. The number of benzene rings is 1. The number of carbonyl (C=O) groups excluding carboxylic acids is 1. The van der Waals surface area contributed by atoms with Gasteiger partial charge in [-0.05, 0) is 43.5 Å². The molecule has 0 aromatic heterocycles. The van der Waals surface area contributed by atoms with Crippen molar-refractivity contribution in [1.82, 2.24) is 5.32 Å². The molecule has 92 valence electrons. The second-order valence-corrected chi connectivity index (χ2v) is 4.88. The average molecular weight is 242 g/mol. The molecule has 2 aliphatic heterocycles. The van der Waals surface area contributed by atoms with Gasteiger partial charge in [-0.3, -0.25) is 4.79 Å². The number of carbonyl (C=O) groups is 1. The van der Waals surface area contributed by atoms with E-state index in [1.807, 2.05) is 6.07 Å². The van der Waals surface area contributed by atoms with Crippen LogP contribution in [0, 0.1) is 11.3 Å². The van der Waals surface area contributed by atoms with E-state index in [4.69, 9.17) is 10.00 Å². The van der Waals surface area contributed by atoms with Gasteiger partial charge in [0.2, 0.25) is 0 Å². The Kier molecular flexibility index (Phi) is 2.77. The molecule has 3 atom stereocenters. The van der Waals surface area contributed by atoms with E-state index in [2.05, 4.69) is 5.32 Å². The second-order valence-electron chi connectivity index (χ2n) is 4.88. The van der Waals surface area contributed by atoms with Gasteiger partial charge in [0.15, 0.2) is 0 Å². The normalized spacial score (nSPS) is 28.9. The van der Waals surface area contributed by atoms with E-state index in [1.54, 1.807) is 24.3 Å². The van der Waals surface area contributed by atoms with Gasteiger partial charge >= 0.3 is 0 Å². The lowest BCUT2D eigenvalue weighted by molar-refractivity contribution is 0.0841. The van der Waals surface area contributed by atoms with Gasteiger partial charge in [-0.15, -0.1) is 0 Å². The lowest BCUT2D eigenvalue weighted by Crippen LogP contribution is -2.41. The third-order valence-corrected chi connectivity index (χ3v) is 3.70. The molecule has 3 rings (SSSR count). The van der Waals surface area contributed by atoms with Gasteiger partial charge < -0.3 is 10.1 Å². The molecule has 4 nitrogen and oxygen atoms in total. The molecule has 0 spiro atoms. The van der Waals surface area contributed by atoms with Gasteiger partial charge in [0, 0.05) is 5.56 Å². The molecule has 2 fully saturated rings. The van der Waals surface area contributed by atoms with Crippen LogP contribution in [0.5, 0.6) is 0 Å². The number of fused-ring (bicyclic) bond motifs is 2. The van der Waals surface area contributed by atoms with Crippen molar-refractivity contribution in [1.29, 1.82) is 5.26 Å². The van der Waals surface area contributed by atoms with E-state index in [-0.39, 0.29) is 18.1 Å². The number of amides is 1. The Balaban J connectivity index is 1.66. The molecule has 1 aromatic carbocycles. The zero-order chi connectivity index (χ0) is 12.5. The first kappa shape index (κ1) is 11.2. The fourth-order valence-electron chi connectivity index (χ4n) is 2.74. The summed E-state index contributed by atoms with van der Waals surface area (Å²) in [6.45, 7) is 0. The maximum absolute atomic E-state index is 12.0. The van der Waals surface area contributed by atoms with Crippen molar-refractivity contribution in [3.8, 4) is 6.07 Å². The Morgan fingerprint density at radius 3 is 2.67 bits per heavy atom. The van der Waals surface area contributed by atoms with E-state index >= 15 is 0 Å². The zero-order valence-electron chi connectivity index (χ0n) is 9.93. The van der Waals surface area contributed by atoms with Crippen LogP contribution in [0.15, 0.2) is 24.3 Å². The average Bonchev–Trinajstić information content (AvgIpc) is 3.01. The summed E-state index contributed by atoms with van der Waals surface area (Å²) in [5, 5.41) is 11.7. The summed E-state index contributed by atoms with van der Waals surface area (Å²) in [6, 6.07) is 8.86. The van der Waals surface area contributed by atoms with Crippen LogP contribution in [0.4, 0.5) is 0 Å². The molecule has 2 heterocycles. The molecule has 1 amide bonds. The lowest BCUT2D eigenvalue weighted by atomic mass is 9.95. The molecule has 2 bridgehead atoms. The molecule has 1 N–H and O–H groups in total. The number of rotatable bonds is 2.